The van der Waals surface area contributed by atoms with Crippen LogP contribution in [0.25, 0.3) is 22.0 Å². The van der Waals surface area contributed by atoms with Crippen LogP contribution in [0.3, 0.4) is 0 Å². The smallest absolute Gasteiger partial charge is 0.180 e. The number of para-hydroxylation sites is 1. The van der Waals surface area contributed by atoms with Crippen molar-refractivity contribution < 1.29 is 4.73 Å². The molecule has 5 aromatic rings. The van der Waals surface area contributed by atoms with Gasteiger partial charge in [0.1, 0.15) is 0 Å². The molecule has 1 atom stereocenters. The molecule has 0 amide bonds. The Kier molecular flexibility index (Phi) is 5.57. The van der Waals surface area contributed by atoms with Gasteiger partial charge in [-0.05, 0) is 46.9 Å². The minimum absolute atomic E-state index is 0.123. The summed E-state index contributed by atoms with van der Waals surface area (Å²) >= 11 is 6.16. The standard InChI is InChI=1S/C28H21ClN2O/c29-25-11-9-21(10-12-25)27(18-20-13-16-31(32)17-14-20)24-6-1-5-23(19-24)26-8-2-4-22-7-3-15-30-28(22)26/h1-17,19,27H,18H2. The van der Waals surface area contributed by atoms with E-state index in [-0.39, 0.29) is 5.92 Å². The van der Waals surface area contributed by atoms with E-state index in [1.165, 1.54) is 11.1 Å². The fourth-order valence-corrected chi connectivity index (χ4v) is 4.32. The van der Waals surface area contributed by atoms with E-state index in [0.29, 0.717) is 0 Å². The Balaban J connectivity index is 1.60. The van der Waals surface area contributed by atoms with E-state index in [2.05, 4.69) is 65.6 Å². The molecule has 0 aliphatic heterocycles. The first kappa shape index (κ1) is 20.2. The molecule has 0 fully saturated rings. The van der Waals surface area contributed by atoms with Crippen LogP contribution in [0.2, 0.25) is 5.02 Å². The summed E-state index contributed by atoms with van der Waals surface area (Å²) in [6.07, 6.45) is 5.71. The largest absolute Gasteiger partial charge is 0.619 e. The highest BCUT2D eigenvalue weighted by Gasteiger charge is 2.17. The number of fused-ring (bicyclic) bond motifs is 1. The predicted octanol–water partition coefficient (Wildman–Crippen LogP) is 6.56. The SMILES string of the molecule is [O-][n+]1ccc(CC(c2ccc(Cl)cc2)c2cccc(-c3cccc4cccnc34)c2)cc1. The summed E-state index contributed by atoms with van der Waals surface area (Å²) < 4.78 is 0.814. The van der Waals surface area contributed by atoms with Crippen molar-refractivity contribution in [3.8, 4) is 11.1 Å². The number of aromatic nitrogens is 2. The summed E-state index contributed by atoms with van der Waals surface area (Å²) in [5.41, 5.74) is 6.74. The lowest BCUT2D eigenvalue weighted by molar-refractivity contribution is -0.605. The fraction of sp³-hybridized carbons (Fsp3) is 0.0714. The molecule has 0 bridgehead atoms. The third-order valence-electron chi connectivity index (χ3n) is 5.82. The Bertz CT molecular complexity index is 1360. The zero-order chi connectivity index (χ0) is 21.9. The molecule has 4 heteroatoms. The molecule has 3 aromatic carbocycles. The lowest BCUT2D eigenvalue weighted by Gasteiger charge is -2.19. The maximum atomic E-state index is 11.5. The van der Waals surface area contributed by atoms with Crippen LogP contribution in [0.5, 0.6) is 0 Å². The van der Waals surface area contributed by atoms with Gasteiger partial charge in [-0.1, -0.05) is 72.3 Å². The molecule has 32 heavy (non-hydrogen) atoms. The Morgan fingerprint density at radius 1 is 0.812 bits per heavy atom. The Morgan fingerprint density at radius 3 is 2.38 bits per heavy atom. The van der Waals surface area contributed by atoms with Gasteiger partial charge in [0.05, 0.1) is 5.52 Å². The lowest BCUT2D eigenvalue weighted by Crippen LogP contribution is -2.24. The summed E-state index contributed by atoms with van der Waals surface area (Å²) in [6, 6.07) is 30.8. The van der Waals surface area contributed by atoms with Gasteiger partial charge in [-0.25, -0.2) is 0 Å². The molecule has 2 heterocycles. The summed E-state index contributed by atoms with van der Waals surface area (Å²) in [7, 11) is 0. The first-order chi connectivity index (χ1) is 15.7. The molecule has 3 nitrogen and oxygen atoms in total. The molecule has 0 spiro atoms. The van der Waals surface area contributed by atoms with E-state index < -0.39 is 0 Å². The van der Waals surface area contributed by atoms with Gasteiger partial charge in [-0.2, -0.15) is 4.73 Å². The quantitative estimate of drug-likeness (QED) is 0.231. The maximum Gasteiger partial charge on any atom is 0.180 e. The topological polar surface area (TPSA) is 39.8 Å². The number of nitrogens with zero attached hydrogens (tertiary/aromatic N) is 2. The van der Waals surface area contributed by atoms with E-state index in [1.807, 2.05) is 36.5 Å². The molecule has 0 aliphatic carbocycles. The number of pyridine rings is 2. The zero-order valence-corrected chi connectivity index (χ0v) is 18.1. The van der Waals surface area contributed by atoms with Crippen LogP contribution in [0, 0.1) is 5.21 Å². The van der Waals surface area contributed by atoms with Gasteiger partial charge in [0.15, 0.2) is 12.4 Å². The van der Waals surface area contributed by atoms with Crippen LogP contribution in [-0.4, -0.2) is 4.98 Å². The molecule has 0 saturated carbocycles. The average molecular weight is 437 g/mol. The van der Waals surface area contributed by atoms with Gasteiger partial charge >= 0.3 is 0 Å². The van der Waals surface area contributed by atoms with Gasteiger partial charge < -0.3 is 5.21 Å². The molecular formula is C28H21ClN2O. The summed E-state index contributed by atoms with van der Waals surface area (Å²) in [5.74, 6) is 0.123. The second-order valence-electron chi connectivity index (χ2n) is 7.88. The normalized spacial score (nSPS) is 12.0. The molecule has 0 aliphatic rings. The first-order valence-corrected chi connectivity index (χ1v) is 10.9. The minimum Gasteiger partial charge on any atom is -0.619 e. The number of hydrogen-bond acceptors (Lipinski definition) is 2. The van der Waals surface area contributed by atoms with E-state index in [9.17, 15) is 5.21 Å². The van der Waals surface area contributed by atoms with Crippen LogP contribution in [-0.2, 0) is 6.42 Å². The van der Waals surface area contributed by atoms with Gasteiger partial charge in [-0.3, -0.25) is 4.98 Å². The average Bonchev–Trinajstić information content (AvgIpc) is 2.84. The van der Waals surface area contributed by atoms with Crippen molar-refractivity contribution in [2.24, 2.45) is 0 Å². The van der Waals surface area contributed by atoms with E-state index in [1.54, 1.807) is 12.4 Å². The Hall–Kier alpha value is -3.69. The Morgan fingerprint density at radius 2 is 1.56 bits per heavy atom. The number of benzene rings is 3. The van der Waals surface area contributed by atoms with Gasteiger partial charge in [0.25, 0.3) is 0 Å². The van der Waals surface area contributed by atoms with E-state index >= 15 is 0 Å². The van der Waals surface area contributed by atoms with Gasteiger partial charge in [0, 0.05) is 40.2 Å². The van der Waals surface area contributed by atoms with Crippen molar-refractivity contribution in [3.05, 3.63) is 137 Å². The number of hydrogen-bond donors (Lipinski definition) is 0. The fourth-order valence-electron chi connectivity index (χ4n) is 4.20. The highest BCUT2D eigenvalue weighted by molar-refractivity contribution is 6.30. The summed E-state index contributed by atoms with van der Waals surface area (Å²) in [6.45, 7) is 0. The monoisotopic (exact) mass is 436 g/mol. The highest BCUT2D eigenvalue weighted by atomic mass is 35.5. The molecule has 5 rings (SSSR count). The zero-order valence-electron chi connectivity index (χ0n) is 17.4. The van der Waals surface area contributed by atoms with Crippen molar-refractivity contribution in [2.75, 3.05) is 0 Å². The molecule has 0 N–H and O–H groups in total. The highest BCUT2D eigenvalue weighted by Crippen LogP contribution is 2.33. The lowest BCUT2D eigenvalue weighted by atomic mass is 9.85. The van der Waals surface area contributed by atoms with Crippen molar-refractivity contribution in [3.63, 3.8) is 0 Å². The van der Waals surface area contributed by atoms with Crippen molar-refractivity contribution >= 4 is 22.5 Å². The summed E-state index contributed by atoms with van der Waals surface area (Å²) in [5, 5.41) is 13.3. The first-order valence-electron chi connectivity index (χ1n) is 10.5. The molecule has 0 saturated heterocycles. The van der Waals surface area contributed by atoms with E-state index in [4.69, 9.17) is 11.6 Å². The van der Waals surface area contributed by atoms with Crippen LogP contribution < -0.4 is 4.73 Å². The second-order valence-corrected chi connectivity index (χ2v) is 8.32. The predicted molar refractivity (Wildman–Crippen MR) is 130 cm³/mol. The second kappa shape index (κ2) is 8.81. The van der Waals surface area contributed by atoms with Crippen LogP contribution in [0.15, 0.2) is 110 Å². The van der Waals surface area contributed by atoms with Crippen molar-refractivity contribution in [1.82, 2.24) is 4.98 Å². The van der Waals surface area contributed by atoms with Gasteiger partial charge in [-0.15, -0.1) is 0 Å². The van der Waals surface area contributed by atoms with Crippen molar-refractivity contribution in [2.45, 2.75) is 12.3 Å². The van der Waals surface area contributed by atoms with E-state index in [0.717, 1.165) is 43.8 Å². The molecule has 156 valence electrons. The maximum absolute atomic E-state index is 11.5. The number of halogens is 1. The third-order valence-corrected chi connectivity index (χ3v) is 6.07. The molecule has 0 radical (unpaired) electrons. The van der Waals surface area contributed by atoms with Gasteiger partial charge in [0.2, 0.25) is 0 Å². The Labute approximate surface area is 192 Å². The van der Waals surface area contributed by atoms with Crippen LogP contribution >= 0.6 is 11.6 Å². The molecule has 2 aromatic heterocycles. The third kappa shape index (κ3) is 4.20. The molecule has 1 unspecified atom stereocenters. The number of rotatable bonds is 5. The van der Waals surface area contributed by atoms with Crippen LogP contribution in [0.1, 0.15) is 22.6 Å². The summed E-state index contributed by atoms with van der Waals surface area (Å²) in [4.78, 5) is 4.63. The van der Waals surface area contributed by atoms with Crippen molar-refractivity contribution in [1.29, 1.82) is 0 Å². The van der Waals surface area contributed by atoms with Crippen LogP contribution in [0.4, 0.5) is 0 Å². The molecular weight excluding hydrogens is 416 g/mol. The minimum atomic E-state index is 0.123.